The molecule has 2 aromatic carbocycles. The van der Waals surface area contributed by atoms with Crippen molar-refractivity contribution in [1.29, 1.82) is 0 Å². The summed E-state index contributed by atoms with van der Waals surface area (Å²) in [5.41, 5.74) is 4.12. The Morgan fingerprint density at radius 3 is 2.42 bits per heavy atom. The molecule has 2 aromatic rings. The molecule has 0 atom stereocenters. The zero-order valence-corrected chi connectivity index (χ0v) is 13.8. The third-order valence-electron chi connectivity index (χ3n) is 3.73. The summed E-state index contributed by atoms with van der Waals surface area (Å²) in [6.07, 6.45) is 0.341. The van der Waals surface area contributed by atoms with Crippen molar-refractivity contribution < 1.29 is 19.4 Å². The number of aryl methyl sites for hydroxylation is 2. The van der Waals surface area contributed by atoms with Gasteiger partial charge in [0, 0.05) is 6.54 Å². The number of nitrogens with one attached hydrogen (secondary N) is 1. The maximum atomic E-state index is 12.2. The number of benzene rings is 2. The van der Waals surface area contributed by atoms with Crippen LogP contribution in [0.3, 0.4) is 0 Å². The smallest absolute Gasteiger partial charge is 0.341 e. The van der Waals surface area contributed by atoms with Crippen LogP contribution in [0.15, 0.2) is 42.5 Å². The molecule has 0 aliphatic rings. The summed E-state index contributed by atoms with van der Waals surface area (Å²) in [7, 11) is 0. The van der Waals surface area contributed by atoms with Crippen LogP contribution in [-0.4, -0.2) is 23.6 Å². The van der Waals surface area contributed by atoms with Gasteiger partial charge in [-0.2, -0.15) is 0 Å². The van der Waals surface area contributed by atoms with Crippen molar-refractivity contribution in [2.24, 2.45) is 0 Å². The van der Waals surface area contributed by atoms with E-state index in [-0.39, 0.29) is 12.5 Å². The average molecular weight is 327 g/mol. The molecule has 0 saturated heterocycles. The largest absolute Gasteiger partial charge is 0.482 e. The van der Waals surface area contributed by atoms with Gasteiger partial charge in [-0.3, -0.25) is 4.79 Å². The van der Waals surface area contributed by atoms with E-state index < -0.39 is 5.97 Å². The van der Waals surface area contributed by atoms with Crippen LogP contribution < -0.4 is 10.1 Å². The van der Waals surface area contributed by atoms with Gasteiger partial charge in [-0.25, -0.2) is 4.79 Å². The molecule has 0 fully saturated rings. The summed E-state index contributed by atoms with van der Waals surface area (Å²) in [5.74, 6) is -0.606. The lowest BCUT2D eigenvalue weighted by Crippen LogP contribution is -2.25. The molecule has 2 rings (SSSR count). The van der Waals surface area contributed by atoms with Crippen molar-refractivity contribution in [3.8, 4) is 5.75 Å². The number of carbonyl (C=O) groups is 2. The minimum Gasteiger partial charge on any atom is -0.482 e. The Balaban J connectivity index is 1.92. The molecule has 2 N–H and O–H groups in total. The fourth-order valence-corrected chi connectivity index (χ4v) is 2.44. The van der Waals surface area contributed by atoms with Crippen molar-refractivity contribution >= 4 is 11.9 Å². The number of hydrogen-bond acceptors (Lipinski definition) is 3. The Labute approximate surface area is 141 Å². The van der Waals surface area contributed by atoms with Crippen molar-refractivity contribution in [2.75, 3.05) is 6.61 Å². The van der Waals surface area contributed by atoms with Crippen LogP contribution in [0.2, 0.25) is 0 Å². The number of hydrogen-bond donors (Lipinski definition) is 2. The SMILES string of the molecule is Cc1cccc(C)c1CC(=O)NCc1cccc(OCC(=O)O)c1. The van der Waals surface area contributed by atoms with E-state index >= 15 is 0 Å². The van der Waals surface area contributed by atoms with Gasteiger partial charge in [0.2, 0.25) is 5.91 Å². The Kier molecular flexibility index (Phi) is 5.95. The first-order valence-electron chi connectivity index (χ1n) is 7.71. The molecule has 0 spiro atoms. The van der Waals surface area contributed by atoms with E-state index in [1.54, 1.807) is 18.2 Å². The highest BCUT2D eigenvalue weighted by Crippen LogP contribution is 2.15. The van der Waals surface area contributed by atoms with Crippen LogP contribution in [0.5, 0.6) is 5.75 Å². The van der Waals surface area contributed by atoms with Crippen LogP contribution in [0, 0.1) is 13.8 Å². The highest BCUT2D eigenvalue weighted by Gasteiger charge is 2.08. The van der Waals surface area contributed by atoms with Crippen molar-refractivity contribution in [3.63, 3.8) is 0 Å². The monoisotopic (exact) mass is 327 g/mol. The molecular formula is C19H21NO4. The van der Waals surface area contributed by atoms with E-state index in [2.05, 4.69) is 5.32 Å². The molecule has 0 heterocycles. The number of rotatable bonds is 7. The van der Waals surface area contributed by atoms with Gasteiger partial charge in [-0.15, -0.1) is 0 Å². The fourth-order valence-electron chi connectivity index (χ4n) is 2.44. The number of carboxylic acid groups (broad SMARTS) is 1. The van der Waals surface area contributed by atoms with Crippen molar-refractivity contribution in [2.45, 2.75) is 26.8 Å². The predicted molar refractivity (Wildman–Crippen MR) is 91.0 cm³/mol. The summed E-state index contributed by atoms with van der Waals surface area (Å²) >= 11 is 0. The van der Waals surface area contributed by atoms with Gasteiger partial charge in [0.25, 0.3) is 0 Å². The van der Waals surface area contributed by atoms with E-state index in [4.69, 9.17) is 9.84 Å². The summed E-state index contributed by atoms with van der Waals surface area (Å²) in [6.45, 7) is 3.98. The number of ether oxygens (including phenoxy) is 1. The normalized spacial score (nSPS) is 10.2. The van der Waals surface area contributed by atoms with Gasteiger partial charge < -0.3 is 15.2 Å². The van der Waals surface area contributed by atoms with E-state index in [9.17, 15) is 9.59 Å². The molecule has 0 aliphatic heterocycles. The molecule has 5 heteroatoms. The Bertz CT molecular complexity index is 720. The molecule has 24 heavy (non-hydrogen) atoms. The molecule has 0 aliphatic carbocycles. The van der Waals surface area contributed by atoms with Gasteiger partial charge in [-0.05, 0) is 48.2 Å². The first-order valence-corrected chi connectivity index (χ1v) is 7.71. The summed E-state index contributed by atoms with van der Waals surface area (Å²) < 4.78 is 5.13. The quantitative estimate of drug-likeness (QED) is 0.820. The second-order valence-electron chi connectivity index (χ2n) is 5.65. The minimum absolute atomic E-state index is 0.0516. The van der Waals surface area contributed by atoms with Crippen LogP contribution >= 0.6 is 0 Å². The zero-order valence-electron chi connectivity index (χ0n) is 13.8. The third-order valence-corrected chi connectivity index (χ3v) is 3.73. The second-order valence-corrected chi connectivity index (χ2v) is 5.65. The van der Waals surface area contributed by atoms with E-state index in [0.29, 0.717) is 18.7 Å². The highest BCUT2D eigenvalue weighted by molar-refractivity contribution is 5.79. The van der Waals surface area contributed by atoms with Gasteiger partial charge in [0.1, 0.15) is 5.75 Å². The van der Waals surface area contributed by atoms with E-state index in [1.807, 2.05) is 38.1 Å². The first kappa shape index (κ1) is 17.5. The topological polar surface area (TPSA) is 75.6 Å². The number of aliphatic carboxylic acids is 1. The van der Waals surface area contributed by atoms with E-state index in [1.165, 1.54) is 0 Å². The number of amides is 1. The molecule has 0 saturated carbocycles. The molecular weight excluding hydrogens is 306 g/mol. The maximum absolute atomic E-state index is 12.2. The lowest BCUT2D eigenvalue weighted by molar-refractivity contribution is -0.139. The molecule has 126 valence electrons. The summed E-state index contributed by atoms with van der Waals surface area (Å²) in [6, 6.07) is 13.0. The summed E-state index contributed by atoms with van der Waals surface area (Å²) in [5, 5.41) is 11.5. The molecule has 0 aromatic heterocycles. The molecule has 0 radical (unpaired) electrons. The van der Waals surface area contributed by atoms with Gasteiger partial charge >= 0.3 is 5.97 Å². The fraction of sp³-hybridized carbons (Fsp3) is 0.263. The van der Waals surface area contributed by atoms with E-state index in [0.717, 1.165) is 22.3 Å². The van der Waals surface area contributed by atoms with Crippen molar-refractivity contribution in [3.05, 3.63) is 64.7 Å². The minimum atomic E-state index is -1.03. The summed E-state index contributed by atoms with van der Waals surface area (Å²) in [4.78, 5) is 22.7. The third kappa shape index (κ3) is 5.12. The average Bonchev–Trinajstić information content (AvgIpc) is 2.55. The molecule has 0 bridgehead atoms. The molecule has 0 unspecified atom stereocenters. The van der Waals surface area contributed by atoms with Gasteiger partial charge in [-0.1, -0.05) is 30.3 Å². The number of carbonyl (C=O) groups excluding carboxylic acids is 1. The maximum Gasteiger partial charge on any atom is 0.341 e. The van der Waals surface area contributed by atoms with Gasteiger partial charge in [0.05, 0.1) is 6.42 Å². The van der Waals surface area contributed by atoms with Gasteiger partial charge in [0.15, 0.2) is 6.61 Å². The number of carboxylic acids is 1. The standard InChI is InChI=1S/C19H21NO4/c1-13-5-3-6-14(2)17(13)10-18(21)20-11-15-7-4-8-16(9-15)24-12-19(22)23/h3-9H,10-12H2,1-2H3,(H,20,21)(H,22,23). The molecule has 5 nitrogen and oxygen atoms in total. The second kappa shape index (κ2) is 8.15. The van der Waals surface area contributed by atoms with Crippen LogP contribution in [-0.2, 0) is 22.6 Å². The van der Waals surface area contributed by atoms with Crippen LogP contribution in [0.25, 0.3) is 0 Å². The Morgan fingerprint density at radius 1 is 1.08 bits per heavy atom. The van der Waals surface area contributed by atoms with Crippen molar-refractivity contribution in [1.82, 2.24) is 5.32 Å². The lowest BCUT2D eigenvalue weighted by Gasteiger charge is -2.11. The Morgan fingerprint density at radius 2 is 1.75 bits per heavy atom. The first-order chi connectivity index (χ1) is 11.5. The lowest BCUT2D eigenvalue weighted by atomic mass is 10.00. The Hall–Kier alpha value is -2.82. The predicted octanol–water partition coefficient (Wildman–Crippen LogP) is 2.63. The zero-order chi connectivity index (χ0) is 17.5. The van der Waals surface area contributed by atoms with Crippen LogP contribution in [0.4, 0.5) is 0 Å². The van der Waals surface area contributed by atoms with Crippen LogP contribution in [0.1, 0.15) is 22.3 Å². The molecule has 1 amide bonds. The highest BCUT2D eigenvalue weighted by atomic mass is 16.5.